The number of aromatic nitrogens is 1. The Labute approximate surface area is 101 Å². The Bertz CT molecular complexity index is 525. The molecule has 1 aliphatic heterocycles. The molecule has 2 atom stereocenters. The molecule has 1 aliphatic carbocycles. The molecule has 0 radical (unpaired) electrons. The minimum atomic E-state index is 0.641. The molecule has 2 aliphatic rings. The summed E-state index contributed by atoms with van der Waals surface area (Å²) in [5, 5.41) is 12.5. The van der Waals surface area contributed by atoms with Crippen LogP contribution in [0.3, 0.4) is 0 Å². The summed E-state index contributed by atoms with van der Waals surface area (Å²) in [7, 11) is 0. The van der Waals surface area contributed by atoms with Gasteiger partial charge in [-0.1, -0.05) is 6.08 Å². The van der Waals surface area contributed by atoms with Gasteiger partial charge in [-0.05, 0) is 42.9 Å². The van der Waals surface area contributed by atoms with Crippen molar-refractivity contribution in [2.45, 2.75) is 25.8 Å². The van der Waals surface area contributed by atoms with E-state index in [1.165, 1.54) is 5.57 Å². The van der Waals surface area contributed by atoms with Gasteiger partial charge in [0.1, 0.15) is 6.07 Å². The number of nitriles is 1. The minimum Gasteiger partial charge on any atom is -0.313 e. The Hall–Kier alpha value is -1.66. The molecule has 2 unspecified atom stereocenters. The smallest absolute Gasteiger partial charge is 0.101 e. The Morgan fingerprint density at radius 1 is 1.53 bits per heavy atom. The maximum absolute atomic E-state index is 9.02. The van der Waals surface area contributed by atoms with Gasteiger partial charge in [0, 0.05) is 18.8 Å². The van der Waals surface area contributed by atoms with Crippen LogP contribution in [0.2, 0.25) is 0 Å². The van der Waals surface area contributed by atoms with Crippen LogP contribution in [0.15, 0.2) is 18.3 Å². The summed E-state index contributed by atoms with van der Waals surface area (Å²) < 4.78 is 0. The first-order valence-electron chi connectivity index (χ1n) is 6.07. The van der Waals surface area contributed by atoms with E-state index in [0.29, 0.717) is 11.6 Å². The van der Waals surface area contributed by atoms with Gasteiger partial charge in [0.25, 0.3) is 0 Å². The molecule has 1 fully saturated rings. The number of nitrogens with one attached hydrogen (secondary N) is 1. The molecule has 17 heavy (non-hydrogen) atoms. The lowest BCUT2D eigenvalue weighted by molar-refractivity contribution is 0.231. The van der Waals surface area contributed by atoms with Gasteiger partial charge in [0.2, 0.25) is 0 Å². The van der Waals surface area contributed by atoms with Crippen molar-refractivity contribution in [1.82, 2.24) is 10.3 Å². The number of nitrogens with zero attached hydrogens (tertiary/aromatic N) is 2. The van der Waals surface area contributed by atoms with Crippen molar-refractivity contribution in [3.05, 3.63) is 35.2 Å². The average Bonchev–Trinajstić information content (AvgIpc) is 2.32. The minimum absolute atomic E-state index is 0.641. The summed E-state index contributed by atoms with van der Waals surface area (Å²) in [6.45, 7) is 3.03. The lowest BCUT2D eigenvalue weighted by Gasteiger charge is -2.41. The fourth-order valence-corrected chi connectivity index (χ4v) is 2.61. The summed E-state index contributed by atoms with van der Waals surface area (Å²) in [6, 6.07) is 4.81. The Morgan fingerprint density at radius 2 is 2.41 bits per heavy atom. The van der Waals surface area contributed by atoms with Gasteiger partial charge in [0.05, 0.1) is 11.3 Å². The first-order valence-corrected chi connectivity index (χ1v) is 6.07. The summed E-state index contributed by atoms with van der Waals surface area (Å²) in [6.07, 6.45) is 6.43. The van der Waals surface area contributed by atoms with Crippen molar-refractivity contribution in [3.8, 4) is 6.07 Å². The highest BCUT2D eigenvalue weighted by Gasteiger charge is 2.33. The van der Waals surface area contributed by atoms with Crippen LogP contribution in [0.1, 0.15) is 29.7 Å². The molecule has 0 spiro atoms. The van der Waals surface area contributed by atoms with E-state index in [2.05, 4.69) is 22.4 Å². The third-order valence-corrected chi connectivity index (χ3v) is 3.90. The molecule has 1 aromatic rings. The highest BCUT2D eigenvalue weighted by Crippen LogP contribution is 2.34. The van der Waals surface area contributed by atoms with Crippen LogP contribution in [0, 0.1) is 24.2 Å². The summed E-state index contributed by atoms with van der Waals surface area (Å²) >= 11 is 0. The lowest BCUT2D eigenvalue weighted by Crippen LogP contribution is -2.53. The van der Waals surface area contributed by atoms with E-state index < -0.39 is 0 Å². The molecule has 0 saturated carbocycles. The third kappa shape index (κ3) is 1.75. The molecule has 86 valence electrons. The standard InChI is InChI=1S/C14H15N3/c1-9-12(6-15)4-13(8-16-9)10-2-3-11-7-17-14(11)5-10/h2,4,8,11,14,17H,3,5,7H2,1H3. The maximum Gasteiger partial charge on any atom is 0.101 e. The number of hydrogen-bond donors (Lipinski definition) is 1. The van der Waals surface area contributed by atoms with Gasteiger partial charge in [-0.15, -0.1) is 0 Å². The molecule has 3 nitrogen and oxygen atoms in total. The van der Waals surface area contributed by atoms with Crippen LogP contribution in [-0.2, 0) is 0 Å². The van der Waals surface area contributed by atoms with Crippen molar-refractivity contribution in [3.63, 3.8) is 0 Å². The van der Waals surface area contributed by atoms with Crippen molar-refractivity contribution >= 4 is 5.57 Å². The predicted molar refractivity (Wildman–Crippen MR) is 66.2 cm³/mol. The van der Waals surface area contributed by atoms with Gasteiger partial charge in [-0.25, -0.2) is 0 Å². The maximum atomic E-state index is 9.02. The Morgan fingerprint density at radius 3 is 3.06 bits per heavy atom. The number of hydrogen-bond acceptors (Lipinski definition) is 3. The van der Waals surface area contributed by atoms with Gasteiger partial charge in [-0.3, -0.25) is 4.98 Å². The molecular formula is C14H15N3. The van der Waals surface area contributed by atoms with Crippen molar-refractivity contribution in [2.75, 3.05) is 6.54 Å². The topological polar surface area (TPSA) is 48.7 Å². The monoisotopic (exact) mass is 225 g/mol. The van der Waals surface area contributed by atoms with E-state index in [1.54, 1.807) is 0 Å². The van der Waals surface area contributed by atoms with Crippen LogP contribution < -0.4 is 5.32 Å². The highest BCUT2D eigenvalue weighted by atomic mass is 15.0. The molecule has 1 N–H and O–H groups in total. The fourth-order valence-electron chi connectivity index (χ4n) is 2.61. The van der Waals surface area contributed by atoms with Crippen molar-refractivity contribution < 1.29 is 0 Å². The van der Waals surface area contributed by atoms with Crippen LogP contribution in [0.25, 0.3) is 5.57 Å². The normalized spacial score (nSPS) is 26.5. The van der Waals surface area contributed by atoms with Gasteiger partial charge < -0.3 is 5.32 Å². The average molecular weight is 225 g/mol. The van der Waals surface area contributed by atoms with E-state index in [0.717, 1.165) is 36.6 Å². The first kappa shape index (κ1) is 10.5. The van der Waals surface area contributed by atoms with E-state index in [4.69, 9.17) is 5.26 Å². The predicted octanol–water partition coefficient (Wildman–Crippen LogP) is 2.03. The number of fused-ring (bicyclic) bond motifs is 1. The second-order valence-corrected chi connectivity index (χ2v) is 4.91. The lowest BCUT2D eigenvalue weighted by atomic mass is 9.78. The van der Waals surface area contributed by atoms with E-state index >= 15 is 0 Å². The fraction of sp³-hybridized carbons (Fsp3) is 0.429. The zero-order valence-electron chi connectivity index (χ0n) is 9.90. The molecule has 1 saturated heterocycles. The molecule has 3 rings (SSSR count). The quantitative estimate of drug-likeness (QED) is 0.795. The zero-order valence-corrected chi connectivity index (χ0v) is 9.90. The largest absolute Gasteiger partial charge is 0.313 e. The zero-order chi connectivity index (χ0) is 11.8. The number of allylic oxidation sites excluding steroid dienone is 1. The van der Waals surface area contributed by atoms with Gasteiger partial charge in [-0.2, -0.15) is 5.26 Å². The SMILES string of the molecule is Cc1ncc(C2=CCC3CNC3C2)cc1C#N. The van der Waals surface area contributed by atoms with Crippen LogP contribution >= 0.6 is 0 Å². The van der Waals surface area contributed by atoms with Crippen LogP contribution in [0.5, 0.6) is 0 Å². The molecule has 0 aromatic carbocycles. The van der Waals surface area contributed by atoms with E-state index in [-0.39, 0.29) is 0 Å². The molecule has 1 aromatic heterocycles. The Balaban J connectivity index is 1.92. The molecule has 3 heteroatoms. The summed E-state index contributed by atoms with van der Waals surface area (Å²) in [4.78, 5) is 4.30. The van der Waals surface area contributed by atoms with Crippen LogP contribution in [-0.4, -0.2) is 17.6 Å². The highest BCUT2D eigenvalue weighted by molar-refractivity contribution is 5.68. The molecular weight excluding hydrogens is 210 g/mol. The van der Waals surface area contributed by atoms with Crippen molar-refractivity contribution in [2.24, 2.45) is 5.92 Å². The molecule has 0 amide bonds. The van der Waals surface area contributed by atoms with E-state index in [9.17, 15) is 0 Å². The molecule has 2 heterocycles. The second kappa shape index (κ2) is 3.97. The molecule has 0 bridgehead atoms. The first-order chi connectivity index (χ1) is 8.28. The van der Waals surface area contributed by atoms with E-state index in [1.807, 2.05) is 19.2 Å². The summed E-state index contributed by atoms with van der Waals surface area (Å²) in [5.74, 6) is 0.826. The third-order valence-electron chi connectivity index (χ3n) is 3.90. The summed E-state index contributed by atoms with van der Waals surface area (Å²) in [5.41, 5.74) is 3.95. The number of aryl methyl sites for hydroxylation is 1. The van der Waals surface area contributed by atoms with Gasteiger partial charge in [0.15, 0.2) is 0 Å². The van der Waals surface area contributed by atoms with Crippen molar-refractivity contribution in [1.29, 1.82) is 5.26 Å². The second-order valence-electron chi connectivity index (χ2n) is 4.91. The number of rotatable bonds is 1. The Kier molecular flexibility index (Phi) is 2.45. The van der Waals surface area contributed by atoms with Gasteiger partial charge >= 0.3 is 0 Å². The van der Waals surface area contributed by atoms with Crippen LogP contribution in [0.4, 0.5) is 0 Å². The number of pyridine rings is 1.